The van der Waals surface area contributed by atoms with Crippen LogP contribution in [0.3, 0.4) is 0 Å². The summed E-state index contributed by atoms with van der Waals surface area (Å²) in [6.45, 7) is 4.42. The zero-order valence-electron chi connectivity index (χ0n) is 17.1. The number of rotatable bonds is 2. The predicted molar refractivity (Wildman–Crippen MR) is 111 cm³/mol. The van der Waals surface area contributed by atoms with Crippen molar-refractivity contribution in [3.63, 3.8) is 0 Å². The van der Waals surface area contributed by atoms with Crippen molar-refractivity contribution in [3.05, 3.63) is 16.9 Å². The summed E-state index contributed by atoms with van der Waals surface area (Å²) in [6, 6.07) is -0.912. The van der Waals surface area contributed by atoms with Crippen LogP contribution in [0, 0.1) is 6.92 Å². The van der Waals surface area contributed by atoms with Gasteiger partial charge in [0.25, 0.3) is 11.8 Å². The van der Waals surface area contributed by atoms with E-state index in [0.29, 0.717) is 61.6 Å². The Morgan fingerprint density at radius 1 is 1.32 bits per heavy atom. The lowest BCUT2D eigenvalue weighted by Crippen LogP contribution is -2.57. The Bertz CT molecular complexity index is 969. The van der Waals surface area contributed by atoms with Crippen LogP contribution in [0.15, 0.2) is 6.20 Å². The highest BCUT2D eigenvalue weighted by atomic mass is 35.5. The molecule has 2 saturated heterocycles. The molecule has 12 heteroatoms. The Balaban J connectivity index is 1.50. The van der Waals surface area contributed by atoms with Crippen molar-refractivity contribution >= 4 is 29.1 Å². The summed E-state index contributed by atoms with van der Waals surface area (Å²) in [5, 5.41) is 11.1. The van der Waals surface area contributed by atoms with Gasteiger partial charge >= 0.3 is 0 Å². The third-order valence-corrected chi connectivity index (χ3v) is 6.29. The third kappa shape index (κ3) is 3.90. The molecule has 2 fully saturated rings. The Morgan fingerprint density at radius 2 is 2.16 bits per heavy atom. The van der Waals surface area contributed by atoms with E-state index in [1.54, 1.807) is 6.92 Å². The molecule has 0 saturated carbocycles. The lowest BCUT2D eigenvalue weighted by molar-refractivity contribution is -0.140. The second-order valence-electron chi connectivity index (χ2n) is 8.07. The SMILES string of the molecule is Cc1c2c(nn1C1CN(C3COC3)CCC1(F)F)OCCCNc1nc(ncc1Cl)N2. The third-order valence-electron chi connectivity index (χ3n) is 6.01. The van der Waals surface area contributed by atoms with E-state index in [-0.39, 0.29) is 30.8 Å². The second-order valence-corrected chi connectivity index (χ2v) is 8.47. The number of nitrogens with one attached hydrogen (secondary N) is 2. The molecule has 9 nitrogen and oxygen atoms in total. The average Bonchev–Trinajstić information content (AvgIpc) is 2.97. The van der Waals surface area contributed by atoms with E-state index in [1.165, 1.54) is 10.9 Å². The van der Waals surface area contributed by atoms with Gasteiger partial charge in [0.15, 0.2) is 5.82 Å². The smallest absolute Gasteiger partial charge is 0.272 e. The Morgan fingerprint density at radius 3 is 2.94 bits per heavy atom. The summed E-state index contributed by atoms with van der Waals surface area (Å²) < 4.78 is 42.5. The van der Waals surface area contributed by atoms with E-state index in [9.17, 15) is 8.78 Å². The number of aromatic nitrogens is 4. The molecule has 168 valence electrons. The first-order chi connectivity index (χ1) is 14.9. The number of anilines is 3. The molecule has 2 aromatic rings. The Hall–Kier alpha value is -2.24. The highest BCUT2D eigenvalue weighted by Crippen LogP contribution is 2.41. The van der Waals surface area contributed by atoms with Crippen LogP contribution in [0.25, 0.3) is 0 Å². The minimum atomic E-state index is -2.88. The number of nitrogens with zero attached hydrogens (tertiary/aromatic N) is 5. The van der Waals surface area contributed by atoms with Crippen LogP contribution in [-0.4, -0.2) is 76.1 Å². The number of piperidine rings is 1. The Kier molecular flexibility index (Phi) is 5.35. The van der Waals surface area contributed by atoms with Gasteiger partial charge in [-0.15, -0.1) is 5.10 Å². The molecule has 5 rings (SSSR count). The normalized spacial score (nSPS) is 24.1. The quantitative estimate of drug-likeness (QED) is 0.714. The van der Waals surface area contributed by atoms with Gasteiger partial charge in [0, 0.05) is 26.1 Å². The van der Waals surface area contributed by atoms with Crippen molar-refractivity contribution in [2.24, 2.45) is 0 Å². The molecule has 1 atom stereocenters. The van der Waals surface area contributed by atoms with Gasteiger partial charge in [-0.2, -0.15) is 4.98 Å². The van der Waals surface area contributed by atoms with Gasteiger partial charge < -0.3 is 20.1 Å². The van der Waals surface area contributed by atoms with E-state index in [0.717, 1.165) is 0 Å². The standard InChI is InChI=1S/C19H24ClF2N7O2/c1-11-15-17(31-6-2-4-23-16-13(20)7-24-18(25-15)26-16)27-29(11)14-8-28(12-9-30-10-12)5-3-19(14,21)22/h7,12,14H,2-6,8-10H2,1H3,(H2,23,24,25,26). The Labute approximate surface area is 183 Å². The fourth-order valence-corrected chi connectivity index (χ4v) is 4.24. The van der Waals surface area contributed by atoms with Crippen molar-refractivity contribution in [2.75, 3.05) is 50.1 Å². The molecule has 31 heavy (non-hydrogen) atoms. The first-order valence-electron chi connectivity index (χ1n) is 10.4. The second kappa shape index (κ2) is 8.03. The summed E-state index contributed by atoms with van der Waals surface area (Å²) >= 11 is 6.16. The molecular formula is C19H24ClF2N7O2. The molecular weight excluding hydrogens is 432 g/mol. The van der Waals surface area contributed by atoms with Gasteiger partial charge in [0.1, 0.15) is 16.8 Å². The minimum absolute atomic E-state index is 0.189. The monoisotopic (exact) mass is 455 g/mol. The number of hydrogen-bond acceptors (Lipinski definition) is 8. The number of ether oxygens (including phenoxy) is 2. The predicted octanol–water partition coefficient (Wildman–Crippen LogP) is 2.85. The molecule has 3 aliphatic rings. The van der Waals surface area contributed by atoms with Crippen molar-refractivity contribution < 1.29 is 18.3 Å². The average molecular weight is 456 g/mol. The summed E-state index contributed by atoms with van der Waals surface area (Å²) in [5.74, 6) is -1.83. The molecule has 2 bridgehead atoms. The topological polar surface area (TPSA) is 89.4 Å². The summed E-state index contributed by atoms with van der Waals surface area (Å²) in [5.41, 5.74) is 1.02. The first kappa shape index (κ1) is 20.7. The lowest BCUT2D eigenvalue weighted by atomic mass is 9.98. The molecule has 3 aliphatic heterocycles. The van der Waals surface area contributed by atoms with E-state index in [1.807, 2.05) is 0 Å². The van der Waals surface area contributed by atoms with Crippen LogP contribution in [0.1, 0.15) is 24.6 Å². The minimum Gasteiger partial charge on any atom is -0.475 e. The van der Waals surface area contributed by atoms with E-state index in [4.69, 9.17) is 21.1 Å². The van der Waals surface area contributed by atoms with Gasteiger partial charge in [-0.25, -0.2) is 13.8 Å². The summed E-state index contributed by atoms with van der Waals surface area (Å²) in [7, 11) is 0. The number of alkyl halides is 2. The van der Waals surface area contributed by atoms with Crippen LogP contribution >= 0.6 is 11.6 Å². The van der Waals surface area contributed by atoms with Crippen LogP contribution in [0.4, 0.5) is 26.2 Å². The van der Waals surface area contributed by atoms with Crippen LogP contribution < -0.4 is 15.4 Å². The van der Waals surface area contributed by atoms with Crippen LogP contribution in [0.2, 0.25) is 5.02 Å². The van der Waals surface area contributed by atoms with Gasteiger partial charge in [0.05, 0.1) is 37.8 Å². The number of halogens is 3. The number of fused-ring (bicyclic) bond motifs is 3. The van der Waals surface area contributed by atoms with Gasteiger partial charge in [0.2, 0.25) is 5.95 Å². The maximum atomic E-state index is 15.0. The van der Waals surface area contributed by atoms with Crippen molar-refractivity contribution in [2.45, 2.75) is 37.8 Å². The fraction of sp³-hybridized carbons (Fsp3) is 0.632. The number of hydrogen-bond donors (Lipinski definition) is 2. The highest BCUT2D eigenvalue weighted by Gasteiger charge is 2.48. The van der Waals surface area contributed by atoms with Crippen molar-refractivity contribution in [3.8, 4) is 5.88 Å². The molecule has 5 heterocycles. The maximum Gasteiger partial charge on any atom is 0.272 e. The summed E-state index contributed by atoms with van der Waals surface area (Å²) in [4.78, 5) is 10.7. The van der Waals surface area contributed by atoms with E-state index >= 15 is 0 Å². The van der Waals surface area contributed by atoms with Crippen molar-refractivity contribution in [1.29, 1.82) is 0 Å². The van der Waals surface area contributed by atoms with Gasteiger partial charge in [-0.1, -0.05) is 11.6 Å². The van der Waals surface area contributed by atoms with Crippen molar-refractivity contribution in [1.82, 2.24) is 24.6 Å². The molecule has 0 spiro atoms. The van der Waals surface area contributed by atoms with Crippen LogP contribution in [0.5, 0.6) is 5.88 Å². The first-order valence-corrected chi connectivity index (χ1v) is 10.7. The molecule has 2 aromatic heterocycles. The molecule has 0 aliphatic carbocycles. The fourth-order valence-electron chi connectivity index (χ4n) is 4.08. The van der Waals surface area contributed by atoms with Gasteiger partial charge in [-0.05, 0) is 13.3 Å². The lowest BCUT2D eigenvalue weighted by Gasteiger charge is -2.44. The van der Waals surface area contributed by atoms with E-state index in [2.05, 4.69) is 30.6 Å². The van der Waals surface area contributed by atoms with Gasteiger partial charge in [-0.3, -0.25) is 9.58 Å². The zero-order chi connectivity index (χ0) is 21.6. The molecule has 2 N–H and O–H groups in total. The zero-order valence-corrected chi connectivity index (χ0v) is 17.8. The largest absolute Gasteiger partial charge is 0.475 e. The highest BCUT2D eigenvalue weighted by molar-refractivity contribution is 6.32. The molecule has 0 amide bonds. The van der Waals surface area contributed by atoms with E-state index < -0.39 is 12.0 Å². The maximum absolute atomic E-state index is 15.0. The molecule has 1 unspecified atom stereocenters. The van der Waals surface area contributed by atoms with Crippen LogP contribution in [-0.2, 0) is 4.74 Å². The number of likely N-dealkylation sites (tertiary alicyclic amines) is 1. The summed E-state index contributed by atoms with van der Waals surface area (Å²) in [6.07, 6.45) is 1.93. The molecule has 0 radical (unpaired) electrons. The molecule has 0 aromatic carbocycles.